The molecule has 3 atom stereocenters. The van der Waals surface area contributed by atoms with Gasteiger partial charge in [0.1, 0.15) is 5.84 Å². The first-order valence-corrected chi connectivity index (χ1v) is 8.14. The number of aliphatic imine (C=N–C) groups is 2. The lowest BCUT2D eigenvalue weighted by Gasteiger charge is -2.35. The van der Waals surface area contributed by atoms with Gasteiger partial charge in [0.2, 0.25) is 0 Å². The van der Waals surface area contributed by atoms with E-state index in [-0.39, 0.29) is 0 Å². The molecule has 0 aromatic carbocycles. The first kappa shape index (κ1) is 16.2. The second-order valence-corrected chi connectivity index (χ2v) is 6.27. The van der Waals surface area contributed by atoms with Gasteiger partial charge < -0.3 is 16.4 Å². The van der Waals surface area contributed by atoms with Crippen LogP contribution in [0.15, 0.2) is 9.98 Å². The fraction of sp³-hybridized carbons (Fsp3) is 0.867. The van der Waals surface area contributed by atoms with Gasteiger partial charge in [-0.1, -0.05) is 13.8 Å². The van der Waals surface area contributed by atoms with Gasteiger partial charge in [-0.05, 0) is 38.8 Å². The highest BCUT2D eigenvalue weighted by atomic mass is 15.3. The number of likely N-dealkylation sites (N-methyl/N-ethyl adjacent to an activating group) is 1. The highest BCUT2D eigenvalue weighted by molar-refractivity contribution is 6.00. The number of nitrogens with zero attached hydrogens (tertiary/aromatic N) is 3. The smallest absolute Gasteiger partial charge is 0.195 e. The Morgan fingerprint density at radius 1 is 1.52 bits per heavy atom. The SMILES string of the molecule is CCC1CCN=C1NC(N)=NCN(C)C1CNCCC1C. The predicted molar refractivity (Wildman–Crippen MR) is 88.5 cm³/mol. The Balaban J connectivity index is 1.82. The molecule has 0 amide bonds. The second-order valence-electron chi connectivity index (χ2n) is 6.27. The Morgan fingerprint density at radius 2 is 2.33 bits per heavy atom. The molecule has 1 fully saturated rings. The molecule has 0 aliphatic carbocycles. The summed E-state index contributed by atoms with van der Waals surface area (Å²) in [6, 6.07) is 0.530. The molecule has 0 radical (unpaired) electrons. The van der Waals surface area contributed by atoms with E-state index in [1.165, 1.54) is 6.42 Å². The lowest BCUT2D eigenvalue weighted by molar-refractivity contribution is 0.155. The number of nitrogens with one attached hydrogen (secondary N) is 2. The standard InChI is InChI=1S/C15H30N6/c1-4-12-6-8-18-14(12)20-15(16)19-10-21(3)13-9-17-7-5-11(13)2/h11-13,17H,4-10H2,1-3H3,(H3,16,18,19,20). The summed E-state index contributed by atoms with van der Waals surface area (Å²) < 4.78 is 0. The molecule has 0 saturated carbocycles. The number of hydrogen-bond donors (Lipinski definition) is 3. The molecule has 0 spiro atoms. The molecule has 120 valence electrons. The molecule has 2 rings (SSSR count). The molecule has 6 nitrogen and oxygen atoms in total. The Morgan fingerprint density at radius 3 is 3.05 bits per heavy atom. The van der Waals surface area contributed by atoms with Gasteiger partial charge in [0.05, 0.1) is 6.67 Å². The number of nitrogens with two attached hydrogens (primary N) is 1. The van der Waals surface area contributed by atoms with Crippen LogP contribution in [0.1, 0.15) is 33.1 Å². The van der Waals surface area contributed by atoms with E-state index in [1.807, 2.05) is 0 Å². The maximum atomic E-state index is 6.00. The van der Waals surface area contributed by atoms with E-state index >= 15 is 0 Å². The van der Waals surface area contributed by atoms with Crippen molar-refractivity contribution in [2.24, 2.45) is 27.6 Å². The predicted octanol–water partition coefficient (Wildman–Crippen LogP) is 0.606. The maximum absolute atomic E-state index is 6.00. The summed E-state index contributed by atoms with van der Waals surface area (Å²) in [5, 5.41) is 6.63. The summed E-state index contributed by atoms with van der Waals surface area (Å²) in [6.07, 6.45) is 3.45. The minimum atomic E-state index is 0.484. The van der Waals surface area contributed by atoms with Gasteiger partial charge in [0.15, 0.2) is 5.96 Å². The highest BCUT2D eigenvalue weighted by Gasteiger charge is 2.24. The van der Waals surface area contributed by atoms with Gasteiger partial charge in [-0.2, -0.15) is 0 Å². The van der Waals surface area contributed by atoms with Crippen molar-refractivity contribution in [1.82, 2.24) is 15.5 Å². The monoisotopic (exact) mass is 294 g/mol. The number of rotatable bonds is 4. The van der Waals surface area contributed by atoms with Crippen LogP contribution in [0.5, 0.6) is 0 Å². The molecule has 2 aliphatic heterocycles. The molecule has 3 unspecified atom stereocenters. The van der Waals surface area contributed by atoms with Gasteiger partial charge in [0.25, 0.3) is 0 Å². The van der Waals surface area contributed by atoms with Crippen LogP contribution in [0.4, 0.5) is 0 Å². The number of guanidine groups is 1. The highest BCUT2D eigenvalue weighted by Crippen LogP contribution is 2.17. The average molecular weight is 294 g/mol. The molecule has 2 aliphatic rings. The average Bonchev–Trinajstić information content (AvgIpc) is 2.92. The van der Waals surface area contributed by atoms with Gasteiger partial charge in [-0.15, -0.1) is 0 Å². The van der Waals surface area contributed by atoms with Crippen molar-refractivity contribution in [3.05, 3.63) is 0 Å². The van der Waals surface area contributed by atoms with E-state index in [0.717, 1.165) is 38.3 Å². The molecule has 0 bridgehead atoms. The minimum absolute atomic E-state index is 0.484. The van der Waals surface area contributed by atoms with Gasteiger partial charge >= 0.3 is 0 Å². The van der Waals surface area contributed by atoms with Crippen molar-refractivity contribution in [2.45, 2.75) is 39.2 Å². The summed E-state index contributed by atoms with van der Waals surface area (Å²) in [5.41, 5.74) is 6.00. The van der Waals surface area contributed by atoms with Crippen molar-refractivity contribution in [3.8, 4) is 0 Å². The molecule has 0 aromatic rings. The first-order valence-electron chi connectivity index (χ1n) is 8.14. The zero-order chi connectivity index (χ0) is 15.2. The quantitative estimate of drug-likeness (QED) is 0.524. The number of hydrogen-bond acceptors (Lipinski definition) is 4. The number of amidine groups is 1. The van der Waals surface area contributed by atoms with E-state index in [0.29, 0.717) is 30.5 Å². The summed E-state index contributed by atoms with van der Waals surface area (Å²) in [7, 11) is 2.12. The normalized spacial score (nSPS) is 30.6. The third-order valence-electron chi connectivity index (χ3n) is 4.71. The van der Waals surface area contributed by atoms with Crippen molar-refractivity contribution in [1.29, 1.82) is 0 Å². The molecule has 6 heteroatoms. The van der Waals surface area contributed by atoms with E-state index in [9.17, 15) is 0 Å². The first-order chi connectivity index (χ1) is 10.1. The van der Waals surface area contributed by atoms with Crippen molar-refractivity contribution in [2.75, 3.05) is 33.4 Å². The van der Waals surface area contributed by atoms with Crippen LogP contribution in [-0.4, -0.2) is 56.1 Å². The second kappa shape index (κ2) is 7.75. The lowest BCUT2D eigenvalue weighted by Crippen LogP contribution is -2.49. The van der Waals surface area contributed by atoms with E-state index < -0.39 is 0 Å². The van der Waals surface area contributed by atoms with Crippen molar-refractivity contribution in [3.63, 3.8) is 0 Å². The molecule has 21 heavy (non-hydrogen) atoms. The zero-order valence-electron chi connectivity index (χ0n) is 13.6. The Labute approximate surface area is 128 Å². The largest absolute Gasteiger partial charge is 0.370 e. The molecular weight excluding hydrogens is 264 g/mol. The topological polar surface area (TPSA) is 78.0 Å². The number of piperidine rings is 1. The third kappa shape index (κ3) is 4.41. The van der Waals surface area contributed by atoms with Gasteiger partial charge in [-0.25, -0.2) is 4.99 Å². The molecular formula is C15H30N6. The molecule has 4 N–H and O–H groups in total. The van der Waals surface area contributed by atoms with E-state index in [2.05, 4.69) is 46.4 Å². The van der Waals surface area contributed by atoms with Gasteiger partial charge in [0, 0.05) is 25.0 Å². The third-order valence-corrected chi connectivity index (χ3v) is 4.71. The fourth-order valence-corrected chi connectivity index (χ4v) is 3.17. The molecule has 0 aromatic heterocycles. The van der Waals surface area contributed by atoms with Crippen LogP contribution in [0.25, 0.3) is 0 Å². The Bertz CT molecular complexity index is 392. The fourth-order valence-electron chi connectivity index (χ4n) is 3.17. The minimum Gasteiger partial charge on any atom is -0.370 e. The lowest BCUT2D eigenvalue weighted by atomic mass is 9.94. The van der Waals surface area contributed by atoms with E-state index in [4.69, 9.17) is 5.73 Å². The van der Waals surface area contributed by atoms with Crippen LogP contribution in [-0.2, 0) is 0 Å². The molecule has 2 heterocycles. The van der Waals surface area contributed by atoms with Crippen LogP contribution >= 0.6 is 0 Å². The van der Waals surface area contributed by atoms with Crippen molar-refractivity contribution >= 4 is 11.8 Å². The maximum Gasteiger partial charge on any atom is 0.195 e. The van der Waals surface area contributed by atoms with Gasteiger partial charge in [-0.3, -0.25) is 9.89 Å². The summed E-state index contributed by atoms with van der Waals surface area (Å²) in [4.78, 5) is 11.2. The van der Waals surface area contributed by atoms with Crippen molar-refractivity contribution < 1.29 is 0 Å². The summed E-state index contributed by atoms with van der Waals surface area (Å²) in [5.74, 6) is 2.70. The van der Waals surface area contributed by atoms with Crippen LogP contribution < -0.4 is 16.4 Å². The summed E-state index contributed by atoms with van der Waals surface area (Å²) in [6.45, 7) is 8.18. The summed E-state index contributed by atoms with van der Waals surface area (Å²) >= 11 is 0. The zero-order valence-corrected chi connectivity index (χ0v) is 13.6. The van der Waals surface area contributed by atoms with Crippen LogP contribution in [0.3, 0.4) is 0 Å². The van der Waals surface area contributed by atoms with Crippen LogP contribution in [0.2, 0.25) is 0 Å². The molecule has 1 saturated heterocycles. The Hall–Kier alpha value is -1.14. The Kier molecular flexibility index (Phi) is 5.99. The van der Waals surface area contributed by atoms with Crippen LogP contribution in [0, 0.1) is 11.8 Å². The van der Waals surface area contributed by atoms with E-state index in [1.54, 1.807) is 0 Å².